The highest BCUT2D eigenvalue weighted by molar-refractivity contribution is 5.53. The lowest BCUT2D eigenvalue weighted by molar-refractivity contribution is 0.141. The number of phenols is 1. The van der Waals surface area contributed by atoms with Crippen molar-refractivity contribution < 1.29 is 19.4 Å². The molecule has 0 bridgehead atoms. The van der Waals surface area contributed by atoms with Crippen LogP contribution in [0.2, 0.25) is 0 Å². The molecular formula is C11H17NO4. The van der Waals surface area contributed by atoms with E-state index in [2.05, 4.69) is 4.84 Å². The quantitative estimate of drug-likeness (QED) is 0.715. The molecule has 0 aliphatic carbocycles. The molecule has 3 N–H and O–H groups in total. The van der Waals surface area contributed by atoms with Gasteiger partial charge >= 0.3 is 0 Å². The Morgan fingerprint density at radius 2 is 2.12 bits per heavy atom. The summed E-state index contributed by atoms with van der Waals surface area (Å²) in [6.45, 7) is 2.76. The van der Waals surface area contributed by atoms with Crippen molar-refractivity contribution in [2.45, 2.75) is 13.3 Å². The molecule has 0 aliphatic heterocycles. The lowest BCUT2D eigenvalue weighted by atomic mass is 10.1. The summed E-state index contributed by atoms with van der Waals surface area (Å²) in [6.07, 6.45) is 0.605. The van der Waals surface area contributed by atoms with E-state index in [-0.39, 0.29) is 5.75 Å². The highest BCUT2D eigenvalue weighted by Gasteiger charge is 2.11. The number of benzene rings is 1. The first-order valence-electron chi connectivity index (χ1n) is 5.07. The van der Waals surface area contributed by atoms with E-state index in [4.69, 9.17) is 15.4 Å². The van der Waals surface area contributed by atoms with Crippen LogP contribution >= 0.6 is 0 Å². The van der Waals surface area contributed by atoms with E-state index in [1.165, 1.54) is 7.11 Å². The summed E-state index contributed by atoms with van der Waals surface area (Å²) in [5.74, 6) is 5.88. The van der Waals surface area contributed by atoms with E-state index in [0.29, 0.717) is 31.1 Å². The standard InChI is InChI=1S/C11H17NO4/c1-3-15-10-7-8(4-5-16-12)6-9(13)11(10)14-2/h6-7,13H,3-5,12H2,1-2H3. The summed E-state index contributed by atoms with van der Waals surface area (Å²) in [5, 5.41) is 9.72. The van der Waals surface area contributed by atoms with Crippen LogP contribution in [-0.2, 0) is 11.3 Å². The average molecular weight is 227 g/mol. The minimum absolute atomic E-state index is 0.0560. The lowest BCUT2D eigenvalue weighted by Gasteiger charge is -2.12. The molecule has 0 unspecified atom stereocenters. The summed E-state index contributed by atoms with van der Waals surface area (Å²) >= 11 is 0. The van der Waals surface area contributed by atoms with Gasteiger partial charge in [0.15, 0.2) is 11.5 Å². The van der Waals surface area contributed by atoms with Gasteiger partial charge in [-0.1, -0.05) is 0 Å². The Hall–Kier alpha value is -1.46. The minimum atomic E-state index is 0.0560. The molecule has 0 spiro atoms. The Balaban J connectivity index is 2.97. The molecule has 0 aromatic heterocycles. The smallest absolute Gasteiger partial charge is 0.203 e. The van der Waals surface area contributed by atoms with Gasteiger partial charge in [0.25, 0.3) is 0 Å². The second-order valence-electron chi connectivity index (χ2n) is 3.20. The molecular weight excluding hydrogens is 210 g/mol. The summed E-state index contributed by atoms with van der Waals surface area (Å²) in [5.41, 5.74) is 0.882. The molecule has 1 aromatic carbocycles. The number of phenolic OH excluding ortho intramolecular Hbond substituents is 1. The van der Waals surface area contributed by atoms with Crippen LogP contribution in [0.15, 0.2) is 12.1 Å². The first kappa shape index (κ1) is 12.6. The van der Waals surface area contributed by atoms with E-state index in [1.54, 1.807) is 12.1 Å². The van der Waals surface area contributed by atoms with Gasteiger partial charge < -0.3 is 19.4 Å². The van der Waals surface area contributed by atoms with E-state index >= 15 is 0 Å². The Morgan fingerprint density at radius 1 is 1.38 bits per heavy atom. The lowest BCUT2D eigenvalue weighted by Crippen LogP contribution is -2.04. The van der Waals surface area contributed by atoms with Crippen molar-refractivity contribution in [2.75, 3.05) is 20.3 Å². The summed E-state index contributed by atoms with van der Waals surface area (Å²) < 4.78 is 10.4. The second-order valence-corrected chi connectivity index (χ2v) is 3.20. The van der Waals surface area contributed by atoms with Crippen LogP contribution in [0.4, 0.5) is 0 Å². The van der Waals surface area contributed by atoms with Gasteiger partial charge in [-0.25, -0.2) is 5.90 Å². The normalized spacial score (nSPS) is 10.2. The molecule has 16 heavy (non-hydrogen) atoms. The molecule has 0 amide bonds. The van der Waals surface area contributed by atoms with Crippen molar-refractivity contribution in [1.82, 2.24) is 0 Å². The maximum Gasteiger partial charge on any atom is 0.203 e. The number of ether oxygens (including phenoxy) is 2. The van der Waals surface area contributed by atoms with Crippen LogP contribution in [0.25, 0.3) is 0 Å². The van der Waals surface area contributed by atoms with E-state index < -0.39 is 0 Å². The fourth-order valence-corrected chi connectivity index (χ4v) is 1.43. The zero-order valence-corrected chi connectivity index (χ0v) is 9.53. The van der Waals surface area contributed by atoms with Crippen LogP contribution in [0.1, 0.15) is 12.5 Å². The number of aromatic hydroxyl groups is 1. The van der Waals surface area contributed by atoms with Crippen molar-refractivity contribution >= 4 is 0 Å². The number of nitrogens with two attached hydrogens (primary N) is 1. The van der Waals surface area contributed by atoms with Crippen LogP contribution < -0.4 is 15.4 Å². The zero-order chi connectivity index (χ0) is 12.0. The monoisotopic (exact) mass is 227 g/mol. The maximum atomic E-state index is 9.72. The van der Waals surface area contributed by atoms with Gasteiger partial charge in [0.1, 0.15) is 0 Å². The fraction of sp³-hybridized carbons (Fsp3) is 0.455. The Labute approximate surface area is 94.7 Å². The molecule has 5 nitrogen and oxygen atoms in total. The molecule has 0 saturated heterocycles. The molecule has 90 valence electrons. The summed E-state index contributed by atoms with van der Waals surface area (Å²) in [7, 11) is 1.49. The largest absolute Gasteiger partial charge is 0.504 e. The van der Waals surface area contributed by atoms with Gasteiger partial charge in [-0.15, -0.1) is 0 Å². The average Bonchev–Trinajstić information content (AvgIpc) is 2.26. The van der Waals surface area contributed by atoms with Crippen LogP contribution in [0.3, 0.4) is 0 Å². The molecule has 0 atom stereocenters. The van der Waals surface area contributed by atoms with Gasteiger partial charge in [0.2, 0.25) is 5.75 Å². The first-order chi connectivity index (χ1) is 7.72. The molecule has 5 heteroatoms. The van der Waals surface area contributed by atoms with Crippen molar-refractivity contribution in [1.29, 1.82) is 0 Å². The van der Waals surface area contributed by atoms with E-state index in [9.17, 15) is 5.11 Å². The summed E-state index contributed by atoms with van der Waals surface area (Å²) in [4.78, 5) is 4.49. The Bertz CT molecular complexity index is 341. The Kier molecular flexibility index (Phi) is 4.88. The zero-order valence-electron chi connectivity index (χ0n) is 9.53. The first-order valence-corrected chi connectivity index (χ1v) is 5.07. The molecule has 0 heterocycles. The predicted octanol–water partition coefficient (Wildman–Crippen LogP) is 1.23. The number of hydrogen-bond acceptors (Lipinski definition) is 5. The maximum absolute atomic E-state index is 9.72. The van der Waals surface area contributed by atoms with Gasteiger partial charge in [0.05, 0.1) is 20.3 Å². The second kappa shape index (κ2) is 6.19. The number of hydrogen-bond donors (Lipinski definition) is 2. The third-order valence-corrected chi connectivity index (χ3v) is 2.11. The van der Waals surface area contributed by atoms with Crippen molar-refractivity contribution in [3.05, 3.63) is 17.7 Å². The van der Waals surface area contributed by atoms with Gasteiger partial charge in [0, 0.05) is 0 Å². The van der Waals surface area contributed by atoms with Crippen molar-refractivity contribution in [3.8, 4) is 17.2 Å². The molecule has 1 rings (SSSR count). The number of rotatable bonds is 6. The molecule has 0 fully saturated rings. The van der Waals surface area contributed by atoms with Crippen LogP contribution in [0.5, 0.6) is 17.2 Å². The minimum Gasteiger partial charge on any atom is -0.504 e. The van der Waals surface area contributed by atoms with Gasteiger partial charge in [-0.2, -0.15) is 0 Å². The van der Waals surface area contributed by atoms with Gasteiger partial charge in [-0.3, -0.25) is 0 Å². The third kappa shape index (κ3) is 3.01. The predicted molar refractivity (Wildman–Crippen MR) is 59.7 cm³/mol. The molecule has 0 aliphatic rings. The summed E-state index contributed by atoms with van der Waals surface area (Å²) in [6, 6.07) is 3.42. The fourth-order valence-electron chi connectivity index (χ4n) is 1.43. The molecule has 0 saturated carbocycles. The van der Waals surface area contributed by atoms with Crippen molar-refractivity contribution in [2.24, 2.45) is 5.90 Å². The van der Waals surface area contributed by atoms with Crippen molar-refractivity contribution in [3.63, 3.8) is 0 Å². The highest BCUT2D eigenvalue weighted by Crippen LogP contribution is 2.37. The Morgan fingerprint density at radius 3 is 2.69 bits per heavy atom. The third-order valence-electron chi connectivity index (χ3n) is 2.11. The highest BCUT2D eigenvalue weighted by atomic mass is 16.6. The topological polar surface area (TPSA) is 73.9 Å². The van der Waals surface area contributed by atoms with Crippen LogP contribution in [-0.4, -0.2) is 25.4 Å². The number of methoxy groups -OCH3 is 1. The van der Waals surface area contributed by atoms with E-state index in [0.717, 1.165) is 5.56 Å². The molecule has 1 aromatic rings. The van der Waals surface area contributed by atoms with E-state index in [1.807, 2.05) is 6.92 Å². The molecule has 0 radical (unpaired) electrons. The SMILES string of the molecule is CCOc1cc(CCON)cc(O)c1OC. The van der Waals surface area contributed by atoms with Gasteiger partial charge in [-0.05, 0) is 31.0 Å². The van der Waals surface area contributed by atoms with Crippen LogP contribution in [0, 0.1) is 0 Å².